The highest BCUT2D eigenvalue weighted by atomic mass is 32.2. The zero-order chi connectivity index (χ0) is 43.0. The molecule has 2 heterocycles. The van der Waals surface area contributed by atoms with Crippen LogP contribution in [0.1, 0.15) is 45.5 Å². The van der Waals surface area contributed by atoms with Crippen LogP contribution in [-0.4, -0.2) is 94.5 Å². The van der Waals surface area contributed by atoms with Gasteiger partial charge < -0.3 is 24.6 Å². The number of cyclic esters (lactones) is 1. The molecule has 0 spiro atoms. The summed E-state index contributed by atoms with van der Waals surface area (Å²) < 4.78 is 41.2. The SMILES string of the molecule is COC1(Cc2ccccc2-c2ccccc2)CCN(c2ccc(C(=O)NS(=O)(=O)c3cc4c(c([N+](=O)[O-])c3)NC(CSc3ccccc3)CCN(C)CCOC4=O)cc2)CC1. The molecule has 2 N–H and O–H groups in total. The third-order valence-corrected chi connectivity index (χ3v) is 13.9. The molecule has 1 atom stereocenters. The molecule has 7 rings (SSSR count). The van der Waals surface area contributed by atoms with Crippen LogP contribution in [0.25, 0.3) is 11.1 Å². The molecule has 0 aliphatic carbocycles. The van der Waals surface area contributed by atoms with Gasteiger partial charge in [0, 0.05) is 67.2 Å². The molecule has 0 radical (unpaired) electrons. The number of nitro benzene ring substituents is 1. The number of sulfonamides is 1. The van der Waals surface area contributed by atoms with Crippen molar-refractivity contribution in [3.63, 3.8) is 0 Å². The van der Waals surface area contributed by atoms with Crippen molar-refractivity contribution < 1.29 is 32.4 Å². The van der Waals surface area contributed by atoms with E-state index in [-0.39, 0.29) is 35.1 Å². The molecule has 15 heteroatoms. The molecule has 5 aromatic carbocycles. The third kappa shape index (κ3) is 10.6. The van der Waals surface area contributed by atoms with Crippen LogP contribution in [0.5, 0.6) is 0 Å². The first-order valence-electron chi connectivity index (χ1n) is 20.2. The van der Waals surface area contributed by atoms with Crippen LogP contribution in [0.4, 0.5) is 17.1 Å². The Morgan fingerprint density at radius 2 is 1.59 bits per heavy atom. The number of amides is 1. The minimum Gasteiger partial charge on any atom is -0.461 e. The van der Waals surface area contributed by atoms with Gasteiger partial charge in [-0.2, -0.15) is 0 Å². The minimum atomic E-state index is -4.70. The van der Waals surface area contributed by atoms with Crippen LogP contribution >= 0.6 is 11.8 Å². The molecule has 61 heavy (non-hydrogen) atoms. The average molecular weight is 864 g/mol. The normalized spacial score (nSPS) is 17.2. The number of likely N-dealkylation sites (N-methyl/N-ethyl adjacent to an activating group) is 1. The summed E-state index contributed by atoms with van der Waals surface area (Å²) in [5.74, 6) is -1.35. The number of hydrogen-bond acceptors (Lipinski definition) is 12. The summed E-state index contributed by atoms with van der Waals surface area (Å²) in [5.41, 5.74) is 3.06. The molecule has 2 aliphatic heterocycles. The summed E-state index contributed by atoms with van der Waals surface area (Å²) in [6.07, 6.45) is 2.87. The molecule has 0 saturated carbocycles. The number of hydrogen-bond donors (Lipinski definition) is 2. The number of carbonyl (C=O) groups excluding carboxylic acids is 2. The number of benzene rings is 5. The van der Waals surface area contributed by atoms with Gasteiger partial charge in [0.25, 0.3) is 21.6 Å². The second-order valence-electron chi connectivity index (χ2n) is 15.4. The summed E-state index contributed by atoms with van der Waals surface area (Å²) >= 11 is 1.55. The molecule has 1 fully saturated rings. The first-order valence-corrected chi connectivity index (χ1v) is 22.6. The van der Waals surface area contributed by atoms with Gasteiger partial charge in [-0.15, -0.1) is 11.8 Å². The van der Waals surface area contributed by atoms with E-state index < -0.39 is 37.4 Å². The molecule has 13 nitrogen and oxygen atoms in total. The number of methoxy groups -OCH3 is 1. The van der Waals surface area contributed by atoms with Gasteiger partial charge >= 0.3 is 5.97 Å². The van der Waals surface area contributed by atoms with Crippen LogP contribution in [-0.2, 0) is 25.9 Å². The van der Waals surface area contributed by atoms with Gasteiger partial charge in [0.05, 0.1) is 21.0 Å². The van der Waals surface area contributed by atoms with Gasteiger partial charge in [0.2, 0.25) is 0 Å². The van der Waals surface area contributed by atoms with E-state index in [9.17, 15) is 28.1 Å². The quantitative estimate of drug-likeness (QED) is 0.0546. The van der Waals surface area contributed by atoms with E-state index in [0.29, 0.717) is 38.4 Å². The summed E-state index contributed by atoms with van der Waals surface area (Å²) in [7, 11) is -1.05. The van der Waals surface area contributed by atoms with E-state index in [1.54, 1.807) is 43.1 Å². The number of rotatable bonds is 12. The molecular formula is C46H49N5O8S2. The van der Waals surface area contributed by atoms with Gasteiger partial charge in [-0.1, -0.05) is 72.8 Å². The highest BCUT2D eigenvalue weighted by Gasteiger charge is 2.36. The summed E-state index contributed by atoms with van der Waals surface area (Å²) in [5, 5.41) is 15.7. The Labute approximate surface area is 360 Å². The predicted molar refractivity (Wildman–Crippen MR) is 238 cm³/mol. The van der Waals surface area contributed by atoms with Crippen molar-refractivity contribution in [2.45, 2.75) is 47.1 Å². The van der Waals surface area contributed by atoms with Crippen molar-refractivity contribution in [1.29, 1.82) is 0 Å². The van der Waals surface area contributed by atoms with Crippen LogP contribution in [0.15, 0.2) is 131 Å². The summed E-state index contributed by atoms with van der Waals surface area (Å²) in [6, 6.07) is 36.6. The van der Waals surface area contributed by atoms with Crippen molar-refractivity contribution in [3.05, 3.63) is 148 Å². The lowest BCUT2D eigenvalue weighted by atomic mass is 9.82. The molecule has 0 aromatic heterocycles. The molecule has 0 bridgehead atoms. The van der Waals surface area contributed by atoms with Crippen LogP contribution < -0.4 is 14.9 Å². The molecule has 1 saturated heterocycles. The predicted octanol–water partition coefficient (Wildman–Crippen LogP) is 7.67. The fourth-order valence-electron chi connectivity index (χ4n) is 7.80. The largest absolute Gasteiger partial charge is 0.461 e. The number of anilines is 2. The molecule has 1 unspecified atom stereocenters. The highest BCUT2D eigenvalue weighted by molar-refractivity contribution is 7.99. The Kier molecular flexibility index (Phi) is 13.7. The smallest absolute Gasteiger partial charge is 0.340 e. The van der Waals surface area contributed by atoms with Crippen LogP contribution in [0, 0.1) is 10.1 Å². The lowest BCUT2D eigenvalue weighted by molar-refractivity contribution is -0.384. The average Bonchev–Trinajstić information content (AvgIpc) is 3.30. The Balaban J connectivity index is 1.05. The Hall–Kier alpha value is -5.74. The number of ether oxygens (including phenoxy) is 2. The van der Waals surface area contributed by atoms with E-state index in [1.807, 2.05) is 65.2 Å². The maximum absolute atomic E-state index is 13.8. The highest BCUT2D eigenvalue weighted by Crippen LogP contribution is 2.37. The molecular weight excluding hydrogens is 815 g/mol. The van der Waals surface area contributed by atoms with Gasteiger partial charge in [0.15, 0.2) is 0 Å². The van der Waals surface area contributed by atoms with Gasteiger partial charge in [-0.3, -0.25) is 14.9 Å². The third-order valence-electron chi connectivity index (χ3n) is 11.4. The van der Waals surface area contributed by atoms with Gasteiger partial charge in [-0.05, 0) is 92.0 Å². The number of nitro groups is 1. The van der Waals surface area contributed by atoms with Crippen molar-refractivity contribution in [3.8, 4) is 11.1 Å². The van der Waals surface area contributed by atoms with Gasteiger partial charge in [-0.25, -0.2) is 17.9 Å². The molecule has 1 amide bonds. The number of fused-ring (bicyclic) bond motifs is 1. The maximum atomic E-state index is 13.8. The first kappa shape index (κ1) is 43.4. The summed E-state index contributed by atoms with van der Waals surface area (Å²) in [6.45, 7) is 2.43. The van der Waals surface area contributed by atoms with Crippen molar-refractivity contribution in [2.24, 2.45) is 0 Å². The molecule has 318 valence electrons. The van der Waals surface area contributed by atoms with E-state index in [0.717, 1.165) is 47.5 Å². The lowest BCUT2D eigenvalue weighted by Gasteiger charge is -2.42. The van der Waals surface area contributed by atoms with E-state index in [2.05, 4.69) is 46.6 Å². The van der Waals surface area contributed by atoms with Gasteiger partial charge in [0.1, 0.15) is 12.3 Å². The second kappa shape index (κ2) is 19.3. The number of nitrogens with zero attached hydrogens (tertiary/aromatic N) is 3. The zero-order valence-electron chi connectivity index (χ0n) is 34.1. The van der Waals surface area contributed by atoms with Crippen LogP contribution in [0.3, 0.4) is 0 Å². The molecule has 2 aliphatic rings. The second-order valence-corrected chi connectivity index (χ2v) is 18.1. The number of carbonyl (C=O) groups is 2. The molecule has 5 aromatic rings. The van der Waals surface area contributed by atoms with E-state index in [4.69, 9.17) is 9.47 Å². The van der Waals surface area contributed by atoms with Crippen LogP contribution in [0.2, 0.25) is 0 Å². The summed E-state index contributed by atoms with van der Waals surface area (Å²) in [4.78, 5) is 43.3. The monoisotopic (exact) mass is 863 g/mol. The Bertz CT molecular complexity index is 2450. The van der Waals surface area contributed by atoms with E-state index in [1.165, 1.54) is 11.1 Å². The van der Waals surface area contributed by atoms with E-state index >= 15 is 0 Å². The zero-order valence-corrected chi connectivity index (χ0v) is 35.8. The number of nitrogens with one attached hydrogen (secondary N) is 2. The van der Waals surface area contributed by atoms with Crippen molar-refractivity contribution >= 4 is 50.7 Å². The number of piperidine rings is 1. The Morgan fingerprint density at radius 3 is 2.28 bits per heavy atom. The lowest BCUT2D eigenvalue weighted by Crippen LogP contribution is -2.47. The number of esters is 1. The first-order chi connectivity index (χ1) is 29.4. The fourth-order valence-corrected chi connectivity index (χ4v) is 9.81. The number of thioether (sulfide) groups is 1. The topological polar surface area (TPSA) is 160 Å². The Morgan fingerprint density at radius 1 is 0.918 bits per heavy atom. The maximum Gasteiger partial charge on any atom is 0.340 e. The fraction of sp³-hybridized carbons (Fsp3) is 0.304. The van der Waals surface area contributed by atoms with Crippen molar-refractivity contribution in [1.82, 2.24) is 9.62 Å². The standard InChI is InChI=1S/C46H49N5O8S2/c1-49-24-21-36(32-60-38-14-7-4-8-15-38)47-43-41(45(53)59-28-27-49)29-39(30-42(43)51(54)55)61(56,57)48-44(52)34-17-19-37(20-18-34)50-25-22-46(58-2,23-26-50)31-35-13-9-10-16-40(35)33-11-5-3-6-12-33/h3-20,29-30,36,47H,21-28,31-32H2,1-2H3,(H,48,52). The minimum absolute atomic E-state index is 0.0102. The van der Waals surface area contributed by atoms with Crippen molar-refractivity contribution in [2.75, 3.05) is 62.9 Å².